The van der Waals surface area contributed by atoms with Crippen molar-refractivity contribution in [3.63, 3.8) is 0 Å². The van der Waals surface area contributed by atoms with E-state index >= 15 is 0 Å². The molecule has 0 N–H and O–H groups in total. The Kier molecular flexibility index (Phi) is 2.45. The minimum atomic E-state index is 0.353. The van der Waals surface area contributed by atoms with Gasteiger partial charge in [0.2, 0.25) is 0 Å². The van der Waals surface area contributed by atoms with Gasteiger partial charge in [0.25, 0.3) is 0 Å². The van der Waals surface area contributed by atoms with E-state index in [1.54, 1.807) is 6.20 Å². The lowest BCUT2D eigenvalue weighted by molar-refractivity contribution is 0.116. The van der Waals surface area contributed by atoms with Crippen LogP contribution in [0.15, 0.2) is 12.4 Å². The standard InChI is InChI=1S/C12H14N4O/c13-5-10-6-15-11(7-14-10)16-3-4-17-9-12(8-16)1-2-12/h6-7H,1-4,8-9H2. The lowest BCUT2D eigenvalue weighted by Crippen LogP contribution is -2.31. The van der Waals surface area contributed by atoms with E-state index in [0.717, 1.165) is 32.1 Å². The summed E-state index contributed by atoms with van der Waals surface area (Å²) in [6.07, 6.45) is 5.70. The molecule has 0 aromatic carbocycles. The van der Waals surface area contributed by atoms with Crippen LogP contribution in [0.4, 0.5) is 5.82 Å². The summed E-state index contributed by atoms with van der Waals surface area (Å²) in [7, 11) is 0. The summed E-state index contributed by atoms with van der Waals surface area (Å²) in [6, 6.07) is 1.98. The molecule has 2 aliphatic rings. The van der Waals surface area contributed by atoms with Crippen molar-refractivity contribution in [2.75, 3.05) is 31.2 Å². The first-order valence-corrected chi connectivity index (χ1v) is 5.86. The van der Waals surface area contributed by atoms with E-state index in [1.807, 2.05) is 6.07 Å². The maximum absolute atomic E-state index is 8.69. The van der Waals surface area contributed by atoms with Crippen molar-refractivity contribution in [3.05, 3.63) is 18.1 Å². The van der Waals surface area contributed by atoms with Crippen molar-refractivity contribution in [2.24, 2.45) is 5.41 Å². The molecule has 1 saturated heterocycles. The largest absolute Gasteiger partial charge is 0.379 e. The molecule has 0 atom stereocenters. The van der Waals surface area contributed by atoms with Crippen LogP contribution >= 0.6 is 0 Å². The lowest BCUT2D eigenvalue weighted by atomic mass is 10.1. The van der Waals surface area contributed by atoms with E-state index in [-0.39, 0.29) is 0 Å². The molecule has 1 saturated carbocycles. The summed E-state index contributed by atoms with van der Waals surface area (Å²) in [6.45, 7) is 3.45. The Balaban J connectivity index is 1.79. The predicted octanol–water partition coefficient (Wildman–Crippen LogP) is 0.965. The van der Waals surface area contributed by atoms with Crippen LogP contribution in [0.1, 0.15) is 18.5 Å². The first-order chi connectivity index (χ1) is 8.31. The van der Waals surface area contributed by atoms with E-state index in [2.05, 4.69) is 14.9 Å². The van der Waals surface area contributed by atoms with Crippen molar-refractivity contribution in [3.8, 4) is 6.07 Å². The Morgan fingerprint density at radius 1 is 1.35 bits per heavy atom. The average Bonchev–Trinajstić information content (AvgIpc) is 3.17. The fraction of sp³-hybridized carbons (Fsp3) is 0.583. The molecule has 5 heteroatoms. The molecule has 88 valence electrons. The van der Waals surface area contributed by atoms with Crippen LogP contribution in [0.3, 0.4) is 0 Å². The van der Waals surface area contributed by atoms with Gasteiger partial charge in [-0.1, -0.05) is 0 Å². The van der Waals surface area contributed by atoms with Gasteiger partial charge in [-0.25, -0.2) is 9.97 Å². The van der Waals surface area contributed by atoms with Crippen LogP contribution in [0.5, 0.6) is 0 Å². The molecule has 1 spiro atoms. The Bertz CT molecular complexity index is 447. The number of hydrogen-bond acceptors (Lipinski definition) is 5. The zero-order valence-corrected chi connectivity index (χ0v) is 9.59. The third kappa shape index (κ3) is 2.08. The zero-order valence-electron chi connectivity index (χ0n) is 9.59. The van der Waals surface area contributed by atoms with Crippen LogP contribution in [0.2, 0.25) is 0 Å². The van der Waals surface area contributed by atoms with Gasteiger partial charge in [-0.3, -0.25) is 0 Å². The summed E-state index contributed by atoms with van der Waals surface area (Å²) in [4.78, 5) is 10.6. The maximum atomic E-state index is 8.69. The van der Waals surface area contributed by atoms with Crippen LogP contribution in [-0.4, -0.2) is 36.3 Å². The monoisotopic (exact) mass is 230 g/mol. The van der Waals surface area contributed by atoms with Crippen LogP contribution in [0.25, 0.3) is 0 Å². The number of rotatable bonds is 1. The van der Waals surface area contributed by atoms with E-state index in [1.165, 1.54) is 19.0 Å². The van der Waals surface area contributed by atoms with Crippen LogP contribution in [0, 0.1) is 16.7 Å². The third-order valence-electron chi connectivity index (χ3n) is 3.47. The molecule has 0 unspecified atom stereocenters. The molecule has 0 amide bonds. The van der Waals surface area contributed by atoms with Crippen LogP contribution in [-0.2, 0) is 4.74 Å². The van der Waals surface area contributed by atoms with Gasteiger partial charge >= 0.3 is 0 Å². The summed E-state index contributed by atoms with van der Waals surface area (Å²) >= 11 is 0. The molecule has 2 heterocycles. The van der Waals surface area contributed by atoms with Gasteiger partial charge in [0.1, 0.15) is 11.9 Å². The number of anilines is 1. The smallest absolute Gasteiger partial charge is 0.158 e. The molecular weight excluding hydrogens is 216 g/mol. The second-order valence-electron chi connectivity index (χ2n) is 4.85. The van der Waals surface area contributed by atoms with Crippen LogP contribution < -0.4 is 4.90 Å². The van der Waals surface area contributed by atoms with Gasteiger partial charge in [-0.05, 0) is 12.8 Å². The van der Waals surface area contributed by atoms with Gasteiger partial charge in [0, 0.05) is 18.5 Å². The summed E-state index contributed by atoms with van der Waals surface area (Å²) in [5.74, 6) is 0.848. The highest BCUT2D eigenvalue weighted by Crippen LogP contribution is 2.47. The number of aromatic nitrogens is 2. The van der Waals surface area contributed by atoms with Gasteiger partial charge < -0.3 is 9.64 Å². The van der Waals surface area contributed by atoms with Gasteiger partial charge in [-0.2, -0.15) is 5.26 Å². The molecule has 0 bridgehead atoms. The van der Waals surface area contributed by atoms with Crippen molar-refractivity contribution >= 4 is 5.82 Å². The number of nitrogens with zero attached hydrogens (tertiary/aromatic N) is 4. The van der Waals surface area contributed by atoms with Gasteiger partial charge in [0.15, 0.2) is 5.69 Å². The predicted molar refractivity (Wildman–Crippen MR) is 61.4 cm³/mol. The number of ether oxygens (including phenoxy) is 1. The minimum absolute atomic E-state index is 0.353. The molecular formula is C12H14N4O. The number of nitriles is 1. The summed E-state index contributed by atoms with van der Waals surface area (Å²) in [5, 5.41) is 8.69. The van der Waals surface area contributed by atoms with E-state index in [0.29, 0.717) is 11.1 Å². The highest BCUT2D eigenvalue weighted by atomic mass is 16.5. The first kappa shape index (κ1) is 10.5. The van der Waals surface area contributed by atoms with Gasteiger partial charge in [0.05, 0.1) is 25.6 Å². The summed E-state index contributed by atoms with van der Waals surface area (Å²) in [5.41, 5.74) is 0.715. The maximum Gasteiger partial charge on any atom is 0.158 e. The molecule has 1 aliphatic heterocycles. The molecule has 17 heavy (non-hydrogen) atoms. The lowest BCUT2D eigenvalue weighted by Gasteiger charge is -2.23. The first-order valence-electron chi connectivity index (χ1n) is 5.86. The van der Waals surface area contributed by atoms with Crippen molar-refractivity contribution in [2.45, 2.75) is 12.8 Å². The Morgan fingerprint density at radius 3 is 2.88 bits per heavy atom. The fourth-order valence-electron chi connectivity index (χ4n) is 2.21. The fourth-order valence-corrected chi connectivity index (χ4v) is 2.21. The van der Waals surface area contributed by atoms with Crippen molar-refractivity contribution < 1.29 is 4.74 Å². The van der Waals surface area contributed by atoms with Crippen molar-refractivity contribution in [1.29, 1.82) is 5.26 Å². The molecule has 0 radical (unpaired) electrons. The summed E-state index contributed by atoms with van der Waals surface area (Å²) < 4.78 is 5.63. The average molecular weight is 230 g/mol. The minimum Gasteiger partial charge on any atom is -0.379 e. The Labute approximate surface area is 100 Å². The highest BCUT2D eigenvalue weighted by Gasteiger charge is 2.45. The van der Waals surface area contributed by atoms with Gasteiger partial charge in [-0.15, -0.1) is 0 Å². The zero-order chi connectivity index (χ0) is 11.7. The Hall–Kier alpha value is -1.67. The molecule has 3 rings (SSSR count). The second-order valence-corrected chi connectivity index (χ2v) is 4.85. The van der Waals surface area contributed by atoms with E-state index in [9.17, 15) is 0 Å². The molecule has 2 fully saturated rings. The van der Waals surface area contributed by atoms with E-state index < -0.39 is 0 Å². The molecule has 5 nitrogen and oxygen atoms in total. The topological polar surface area (TPSA) is 62.0 Å². The molecule has 1 aromatic heterocycles. The quantitative estimate of drug-likeness (QED) is 0.719. The highest BCUT2D eigenvalue weighted by molar-refractivity contribution is 5.38. The molecule has 1 aromatic rings. The number of hydrogen-bond donors (Lipinski definition) is 0. The van der Waals surface area contributed by atoms with E-state index in [4.69, 9.17) is 10.00 Å². The molecule has 1 aliphatic carbocycles. The third-order valence-corrected chi connectivity index (χ3v) is 3.47. The second kappa shape index (κ2) is 3.97. The van der Waals surface area contributed by atoms with Crippen molar-refractivity contribution in [1.82, 2.24) is 9.97 Å². The normalized spacial score (nSPS) is 21.9. The SMILES string of the molecule is N#Cc1cnc(N2CCOCC3(CC3)C2)cn1. The Morgan fingerprint density at radius 2 is 2.24 bits per heavy atom.